The van der Waals surface area contributed by atoms with E-state index in [1.54, 1.807) is 25.4 Å². The fourth-order valence-electron chi connectivity index (χ4n) is 2.46. The molecule has 20 heavy (non-hydrogen) atoms. The molecule has 0 aliphatic carbocycles. The zero-order chi connectivity index (χ0) is 14.1. The van der Waals surface area contributed by atoms with Crippen molar-refractivity contribution >= 4 is 10.8 Å². The lowest BCUT2D eigenvalue weighted by atomic mass is 9.97. The van der Waals surface area contributed by atoms with Crippen molar-refractivity contribution in [2.75, 3.05) is 0 Å². The highest BCUT2D eigenvalue weighted by atomic mass is 19.1. The summed E-state index contributed by atoms with van der Waals surface area (Å²) in [5, 5.41) is 12.4. The van der Waals surface area contributed by atoms with Gasteiger partial charge in [0.2, 0.25) is 0 Å². The molecule has 1 aromatic heterocycles. The number of aliphatic hydroxyl groups excluding tert-OH is 1. The van der Waals surface area contributed by atoms with E-state index in [1.165, 1.54) is 12.1 Å². The van der Waals surface area contributed by atoms with E-state index in [0.717, 1.165) is 16.3 Å². The first-order chi connectivity index (χ1) is 9.65. The van der Waals surface area contributed by atoms with Crippen molar-refractivity contribution in [1.82, 2.24) is 4.98 Å². The second-order valence-electron chi connectivity index (χ2n) is 4.91. The minimum absolute atomic E-state index is 0.341. The molecular weight excluding hydrogens is 253 g/mol. The quantitative estimate of drug-likeness (QED) is 0.766. The maximum absolute atomic E-state index is 13.5. The van der Waals surface area contributed by atoms with Gasteiger partial charge in [0.1, 0.15) is 11.9 Å². The Morgan fingerprint density at radius 2 is 1.90 bits per heavy atom. The summed E-state index contributed by atoms with van der Waals surface area (Å²) in [5.41, 5.74) is 2.01. The molecule has 1 heterocycles. The van der Waals surface area contributed by atoms with Gasteiger partial charge < -0.3 is 5.11 Å². The van der Waals surface area contributed by atoms with Gasteiger partial charge in [0.15, 0.2) is 0 Å². The third-order valence-corrected chi connectivity index (χ3v) is 3.37. The SMILES string of the molecule is Cc1cc(F)cc(C(O)c2cncc3ccccc23)c1. The van der Waals surface area contributed by atoms with Gasteiger partial charge in [-0.1, -0.05) is 30.3 Å². The molecule has 0 bridgehead atoms. The van der Waals surface area contributed by atoms with Gasteiger partial charge in [-0.2, -0.15) is 0 Å². The first kappa shape index (κ1) is 12.8. The van der Waals surface area contributed by atoms with E-state index < -0.39 is 6.10 Å². The van der Waals surface area contributed by atoms with Crippen molar-refractivity contribution in [3.8, 4) is 0 Å². The molecule has 0 saturated carbocycles. The number of hydrogen-bond donors (Lipinski definition) is 1. The average Bonchev–Trinajstić information content (AvgIpc) is 2.45. The summed E-state index contributed by atoms with van der Waals surface area (Å²) in [4.78, 5) is 4.15. The largest absolute Gasteiger partial charge is 0.384 e. The van der Waals surface area contributed by atoms with Gasteiger partial charge in [-0.05, 0) is 35.6 Å². The van der Waals surface area contributed by atoms with Gasteiger partial charge in [-0.3, -0.25) is 4.98 Å². The molecule has 2 nitrogen and oxygen atoms in total. The molecule has 0 aliphatic heterocycles. The number of benzene rings is 2. The molecule has 0 saturated heterocycles. The Hall–Kier alpha value is -2.26. The smallest absolute Gasteiger partial charge is 0.123 e. The number of rotatable bonds is 2. The van der Waals surface area contributed by atoms with Gasteiger partial charge >= 0.3 is 0 Å². The summed E-state index contributed by atoms with van der Waals surface area (Å²) in [6.45, 7) is 1.81. The van der Waals surface area contributed by atoms with Gasteiger partial charge in [0.25, 0.3) is 0 Å². The maximum Gasteiger partial charge on any atom is 0.123 e. The molecule has 0 amide bonds. The lowest BCUT2D eigenvalue weighted by Gasteiger charge is -2.14. The van der Waals surface area contributed by atoms with Gasteiger partial charge in [-0.15, -0.1) is 0 Å². The number of halogens is 1. The van der Waals surface area contributed by atoms with Crippen molar-refractivity contribution < 1.29 is 9.50 Å². The number of aromatic nitrogens is 1. The number of fused-ring (bicyclic) bond motifs is 1. The zero-order valence-corrected chi connectivity index (χ0v) is 11.0. The van der Waals surface area contributed by atoms with Gasteiger partial charge in [0.05, 0.1) is 0 Å². The molecule has 100 valence electrons. The third-order valence-electron chi connectivity index (χ3n) is 3.37. The van der Waals surface area contributed by atoms with E-state index >= 15 is 0 Å². The lowest BCUT2D eigenvalue weighted by molar-refractivity contribution is 0.221. The standard InChI is InChI=1S/C17H14FNO/c1-11-6-13(8-14(18)7-11)17(20)16-10-19-9-12-4-2-3-5-15(12)16/h2-10,17,20H,1H3. The van der Waals surface area contributed by atoms with E-state index in [-0.39, 0.29) is 5.82 Å². The van der Waals surface area contributed by atoms with Crippen LogP contribution in [-0.2, 0) is 0 Å². The molecule has 2 aromatic carbocycles. The predicted octanol–water partition coefficient (Wildman–Crippen LogP) is 3.76. The Balaban J connectivity index is 2.15. The Morgan fingerprint density at radius 3 is 2.70 bits per heavy atom. The highest BCUT2D eigenvalue weighted by Gasteiger charge is 2.15. The molecule has 1 unspecified atom stereocenters. The van der Waals surface area contributed by atoms with Crippen LogP contribution in [0.4, 0.5) is 4.39 Å². The molecule has 1 atom stereocenters. The number of aliphatic hydroxyl groups is 1. The molecule has 0 spiro atoms. The van der Waals surface area contributed by atoms with E-state index in [1.807, 2.05) is 24.3 Å². The molecule has 3 heteroatoms. The summed E-state index contributed by atoms with van der Waals surface area (Å²) >= 11 is 0. The van der Waals surface area contributed by atoms with Crippen LogP contribution in [0.3, 0.4) is 0 Å². The third kappa shape index (κ3) is 2.28. The number of aryl methyl sites for hydroxylation is 1. The summed E-state index contributed by atoms with van der Waals surface area (Å²) in [6.07, 6.45) is 2.50. The molecule has 0 aliphatic rings. The molecule has 1 N–H and O–H groups in total. The van der Waals surface area contributed by atoms with Crippen molar-refractivity contribution in [2.24, 2.45) is 0 Å². The zero-order valence-electron chi connectivity index (χ0n) is 11.0. The fourth-order valence-corrected chi connectivity index (χ4v) is 2.46. The Labute approximate surface area is 116 Å². The van der Waals surface area contributed by atoms with Crippen LogP contribution < -0.4 is 0 Å². The van der Waals surface area contributed by atoms with Crippen molar-refractivity contribution in [3.63, 3.8) is 0 Å². The summed E-state index contributed by atoms with van der Waals surface area (Å²) in [7, 11) is 0. The fraction of sp³-hybridized carbons (Fsp3) is 0.118. The van der Waals surface area contributed by atoms with Gasteiger partial charge in [-0.25, -0.2) is 4.39 Å². The second kappa shape index (κ2) is 5.02. The van der Waals surface area contributed by atoms with Crippen LogP contribution in [-0.4, -0.2) is 10.1 Å². The molecule has 0 radical (unpaired) electrons. The topological polar surface area (TPSA) is 33.1 Å². The summed E-state index contributed by atoms with van der Waals surface area (Å²) < 4.78 is 13.5. The minimum atomic E-state index is -0.886. The van der Waals surface area contributed by atoms with E-state index in [0.29, 0.717) is 11.1 Å². The van der Waals surface area contributed by atoms with Crippen LogP contribution in [0.5, 0.6) is 0 Å². The Morgan fingerprint density at radius 1 is 1.10 bits per heavy atom. The van der Waals surface area contributed by atoms with Crippen LogP contribution in [0.15, 0.2) is 54.9 Å². The lowest BCUT2D eigenvalue weighted by Crippen LogP contribution is -2.02. The summed E-state index contributed by atoms with van der Waals surface area (Å²) in [6, 6.07) is 12.3. The van der Waals surface area contributed by atoms with E-state index in [4.69, 9.17) is 0 Å². The van der Waals surface area contributed by atoms with Crippen LogP contribution >= 0.6 is 0 Å². The highest BCUT2D eigenvalue weighted by Crippen LogP contribution is 2.28. The first-order valence-corrected chi connectivity index (χ1v) is 6.43. The van der Waals surface area contributed by atoms with Crippen LogP contribution in [0.2, 0.25) is 0 Å². The Kier molecular flexibility index (Phi) is 3.20. The van der Waals surface area contributed by atoms with Crippen molar-refractivity contribution in [3.05, 3.63) is 77.4 Å². The van der Waals surface area contributed by atoms with E-state index in [2.05, 4.69) is 4.98 Å². The van der Waals surface area contributed by atoms with Gasteiger partial charge in [0, 0.05) is 23.3 Å². The van der Waals surface area contributed by atoms with E-state index in [9.17, 15) is 9.50 Å². The maximum atomic E-state index is 13.5. The van der Waals surface area contributed by atoms with Crippen molar-refractivity contribution in [2.45, 2.75) is 13.0 Å². The number of nitrogens with zero attached hydrogens (tertiary/aromatic N) is 1. The molecule has 0 fully saturated rings. The normalized spacial score (nSPS) is 12.6. The average molecular weight is 267 g/mol. The predicted molar refractivity (Wildman–Crippen MR) is 76.9 cm³/mol. The van der Waals surface area contributed by atoms with Crippen LogP contribution in [0.1, 0.15) is 22.8 Å². The van der Waals surface area contributed by atoms with Crippen molar-refractivity contribution in [1.29, 1.82) is 0 Å². The number of pyridine rings is 1. The monoisotopic (exact) mass is 267 g/mol. The Bertz CT molecular complexity index is 744. The highest BCUT2D eigenvalue weighted by molar-refractivity contribution is 5.85. The molecular formula is C17H14FNO. The molecule has 3 aromatic rings. The van der Waals surface area contributed by atoms with Crippen LogP contribution in [0.25, 0.3) is 10.8 Å². The molecule has 3 rings (SSSR count). The number of hydrogen-bond acceptors (Lipinski definition) is 2. The second-order valence-corrected chi connectivity index (χ2v) is 4.91. The first-order valence-electron chi connectivity index (χ1n) is 6.43. The van der Waals surface area contributed by atoms with Crippen LogP contribution in [0, 0.1) is 12.7 Å². The minimum Gasteiger partial charge on any atom is -0.384 e. The summed E-state index contributed by atoms with van der Waals surface area (Å²) in [5.74, 6) is -0.341.